The first-order chi connectivity index (χ1) is 8.62. The smallest absolute Gasteiger partial charge is 0.254 e. The van der Waals surface area contributed by atoms with Gasteiger partial charge in [-0.3, -0.25) is 4.79 Å². The van der Waals surface area contributed by atoms with E-state index in [-0.39, 0.29) is 11.6 Å². The Morgan fingerprint density at radius 1 is 1.56 bits per heavy atom. The van der Waals surface area contributed by atoms with Gasteiger partial charge in [0.2, 0.25) is 0 Å². The number of hydrogen-bond donors (Lipinski definition) is 2. The minimum absolute atomic E-state index is 0.00496. The van der Waals surface area contributed by atoms with Crippen LogP contribution in [0.5, 0.6) is 5.75 Å². The van der Waals surface area contributed by atoms with Gasteiger partial charge in [-0.15, -0.1) is 0 Å². The molecule has 0 heterocycles. The van der Waals surface area contributed by atoms with Gasteiger partial charge in [0.05, 0.1) is 12.7 Å². The molecule has 18 heavy (non-hydrogen) atoms. The average Bonchev–Trinajstić information content (AvgIpc) is 2.37. The molecule has 1 atom stereocenters. The van der Waals surface area contributed by atoms with Gasteiger partial charge in [0.15, 0.2) is 0 Å². The van der Waals surface area contributed by atoms with Crippen LogP contribution in [0.25, 0.3) is 0 Å². The van der Waals surface area contributed by atoms with Crippen LogP contribution < -0.4 is 15.8 Å². The zero-order valence-electron chi connectivity index (χ0n) is 10.7. The van der Waals surface area contributed by atoms with Crippen molar-refractivity contribution in [2.75, 3.05) is 13.7 Å². The minimum atomic E-state index is -0.598. The Bertz CT molecular complexity index is 410. The number of halogens is 1. The van der Waals surface area contributed by atoms with E-state index in [4.69, 9.17) is 10.5 Å². The van der Waals surface area contributed by atoms with Crippen LogP contribution in [0.15, 0.2) is 18.2 Å². The molecule has 0 radical (unpaired) electrons. The summed E-state index contributed by atoms with van der Waals surface area (Å²) in [6.07, 6.45) is 1.69. The molecule has 0 spiro atoms. The van der Waals surface area contributed by atoms with Gasteiger partial charge < -0.3 is 15.8 Å². The molecule has 1 unspecified atom stereocenters. The molecule has 0 fully saturated rings. The van der Waals surface area contributed by atoms with Crippen LogP contribution in [0.4, 0.5) is 4.39 Å². The lowest BCUT2D eigenvalue weighted by Gasteiger charge is -2.16. The Balaban J connectivity index is 2.77. The third-order valence-corrected chi connectivity index (χ3v) is 2.68. The predicted molar refractivity (Wildman–Crippen MR) is 68.2 cm³/mol. The van der Waals surface area contributed by atoms with E-state index in [0.29, 0.717) is 12.3 Å². The van der Waals surface area contributed by atoms with Gasteiger partial charge in [-0.1, -0.05) is 13.3 Å². The van der Waals surface area contributed by atoms with Gasteiger partial charge >= 0.3 is 0 Å². The van der Waals surface area contributed by atoms with Crippen molar-refractivity contribution in [1.29, 1.82) is 0 Å². The lowest BCUT2D eigenvalue weighted by Crippen LogP contribution is -2.40. The standard InChI is InChI=1S/C13H19FN2O2/c1-3-4-9(8-15)16-13(17)11-6-5-10(18-2)7-12(11)14/h5-7,9H,3-4,8,15H2,1-2H3,(H,16,17). The van der Waals surface area contributed by atoms with Gasteiger partial charge in [-0.05, 0) is 18.6 Å². The monoisotopic (exact) mass is 254 g/mol. The quantitative estimate of drug-likeness (QED) is 0.812. The normalized spacial score (nSPS) is 12.0. The number of nitrogens with two attached hydrogens (primary N) is 1. The zero-order chi connectivity index (χ0) is 13.5. The van der Waals surface area contributed by atoms with E-state index in [1.165, 1.54) is 19.2 Å². The third kappa shape index (κ3) is 3.70. The highest BCUT2D eigenvalue weighted by Gasteiger charge is 2.15. The summed E-state index contributed by atoms with van der Waals surface area (Å²) >= 11 is 0. The van der Waals surface area contributed by atoms with E-state index in [9.17, 15) is 9.18 Å². The summed E-state index contributed by atoms with van der Waals surface area (Å²) in [4.78, 5) is 11.9. The molecule has 0 saturated heterocycles. The van der Waals surface area contributed by atoms with Crippen molar-refractivity contribution < 1.29 is 13.9 Å². The van der Waals surface area contributed by atoms with Crippen LogP contribution in [0.1, 0.15) is 30.1 Å². The molecule has 5 heteroatoms. The van der Waals surface area contributed by atoms with Crippen molar-refractivity contribution in [3.05, 3.63) is 29.6 Å². The van der Waals surface area contributed by atoms with Crippen molar-refractivity contribution in [2.24, 2.45) is 5.73 Å². The molecule has 1 aromatic rings. The Morgan fingerprint density at radius 3 is 2.78 bits per heavy atom. The Morgan fingerprint density at radius 2 is 2.28 bits per heavy atom. The number of methoxy groups -OCH3 is 1. The van der Waals surface area contributed by atoms with E-state index in [0.717, 1.165) is 12.8 Å². The van der Waals surface area contributed by atoms with E-state index in [1.807, 2.05) is 6.92 Å². The van der Waals surface area contributed by atoms with Crippen molar-refractivity contribution in [3.63, 3.8) is 0 Å². The second-order valence-corrected chi connectivity index (χ2v) is 4.04. The number of hydrogen-bond acceptors (Lipinski definition) is 3. The average molecular weight is 254 g/mol. The second kappa shape index (κ2) is 6.96. The lowest BCUT2D eigenvalue weighted by atomic mass is 10.1. The SMILES string of the molecule is CCCC(CN)NC(=O)c1ccc(OC)cc1F. The summed E-state index contributed by atoms with van der Waals surface area (Å²) in [5.74, 6) is -0.661. The highest BCUT2D eigenvalue weighted by atomic mass is 19.1. The fourth-order valence-corrected chi connectivity index (χ4v) is 1.67. The Kier molecular flexibility index (Phi) is 5.58. The van der Waals surface area contributed by atoms with Gasteiger partial charge in [0, 0.05) is 18.7 Å². The van der Waals surface area contributed by atoms with Crippen molar-refractivity contribution in [3.8, 4) is 5.75 Å². The highest BCUT2D eigenvalue weighted by Crippen LogP contribution is 2.16. The zero-order valence-corrected chi connectivity index (χ0v) is 10.7. The third-order valence-electron chi connectivity index (χ3n) is 2.68. The van der Waals surface area contributed by atoms with Gasteiger partial charge in [-0.2, -0.15) is 0 Å². The number of carbonyl (C=O) groups is 1. The first-order valence-electron chi connectivity index (χ1n) is 5.96. The van der Waals surface area contributed by atoms with Gasteiger partial charge in [-0.25, -0.2) is 4.39 Å². The molecule has 4 nitrogen and oxygen atoms in total. The van der Waals surface area contributed by atoms with Gasteiger partial charge in [0.1, 0.15) is 11.6 Å². The maximum Gasteiger partial charge on any atom is 0.254 e. The van der Waals surface area contributed by atoms with Crippen LogP contribution in [0.2, 0.25) is 0 Å². The molecule has 0 bridgehead atoms. The van der Waals surface area contributed by atoms with Crippen LogP contribution >= 0.6 is 0 Å². The van der Waals surface area contributed by atoms with E-state index in [2.05, 4.69) is 5.32 Å². The number of carbonyl (C=O) groups excluding carboxylic acids is 1. The van der Waals surface area contributed by atoms with E-state index in [1.54, 1.807) is 6.07 Å². The molecule has 1 aromatic carbocycles. The molecule has 0 aliphatic heterocycles. The topological polar surface area (TPSA) is 64.3 Å². The first-order valence-corrected chi connectivity index (χ1v) is 5.96. The summed E-state index contributed by atoms with van der Waals surface area (Å²) < 4.78 is 18.5. The van der Waals surface area contributed by atoms with Crippen LogP contribution in [-0.4, -0.2) is 25.6 Å². The van der Waals surface area contributed by atoms with Gasteiger partial charge in [0.25, 0.3) is 5.91 Å². The first kappa shape index (κ1) is 14.4. The predicted octanol–water partition coefficient (Wildman–Crippen LogP) is 1.69. The summed E-state index contributed by atoms with van der Waals surface area (Å²) in [6.45, 7) is 2.35. The molecule has 0 aromatic heterocycles. The number of amides is 1. The van der Waals surface area contributed by atoms with E-state index < -0.39 is 11.7 Å². The molecule has 0 aliphatic rings. The van der Waals surface area contributed by atoms with E-state index >= 15 is 0 Å². The molecule has 1 rings (SSSR count). The largest absolute Gasteiger partial charge is 0.497 e. The highest BCUT2D eigenvalue weighted by molar-refractivity contribution is 5.94. The number of rotatable bonds is 6. The number of nitrogens with one attached hydrogen (secondary N) is 1. The molecule has 0 aliphatic carbocycles. The number of benzene rings is 1. The maximum absolute atomic E-state index is 13.7. The van der Waals surface area contributed by atoms with Crippen molar-refractivity contribution in [1.82, 2.24) is 5.32 Å². The molecule has 3 N–H and O–H groups in total. The Labute approximate surface area is 106 Å². The van der Waals surface area contributed by atoms with Crippen LogP contribution in [0.3, 0.4) is 0 Å². The number of ether oxygens (including phenoxy) is 1. The fraction of sp³-hybridized carbons (Fsp3) is 0.462. The summed E-state index contributed by atoms with van der Waals surface area (Å²) in [5, 5.41) is 2.72. The Hall–Kier alpha value is -1.62. The van der Waals surface area contributed by atoms with Crippen LogP contribution in [-0.2, 0) is 0 Å². The summed E-state index contributed by atoms with van der Waals surface area (Å²) in [5.41, 5.74) is 5.55. The van der Waals surface area contributed by atoms with Crippen molar-refractivity contribution >= 4 is 5.91 Å². The lowest BCUT2D eigenvalue weighted by molar-refractivity contribution is 0.0932. The molecular weight excluding hydrogens is 235 g/mol. The maximum atomic E-state index is 13.7. The molecule has 0 saturated carbocycles. The van der Waals surface area contributed by atoms with Crippen molar-refractivity contribution in [2.45, 2.75) is 25.8 Å². The summed E-state index contributed by atoms with van der Waals surface area (Å²) in [6, 6.07) is 4.02. The molecular formula is C13H19FN2O2. The molecule has 1 amide bonds. The molecule has 100 valence electrons. The fourth-order valence-electron chi connectivity index (χ4n) is 1.67. The second-order valence-electron chi connectivity index (χ2n) is 4.04. The van der Waals surface area contributed by atoms with Crippen LogP contribution in [0, 0.1) is 5.82 Å². The summed E-state index contributed by atoms with van der Waals surface area (Å²) in [7, 11) is 1.44. The minimum Gasteiger partial charge on any atom is -0.497 e.